The second-order valence-corrected chi connectivity index (χ2v) is 7.23. The molecule has 1 spiro atoms. The molecule has 0 unspecified atom stereocenters. The summed E-state index contributed by atoms with van der Waals surface area (Å²) in [6.45, 7) is 2.38. The average molecular weight is 349 g/mol. The Kier molecular flexibility index (Phi) is 5.10. The van der Waals surface area contributed by atoms with E-state index in [4.69, 9.17) is 9.47 Å². The number of amides is 1. The van der Waals surface area contributed by atoms with Crippen molar-refractivity contribution >= 4 is 17.5 Å². The van der Waals surface area contributed by atoms with Crippen molar-refractivity contribution in [1.29, 1.82) is 0 Å². The fraction of sp³-hybridized carbons (Fsp3) is 0.706. The quantitative estimate of drug-likeness (QED) is 0.761. The lowest BCUT2D eigenvalue weighted by Gasteiger charge is -2.53. The van der Waals surface area contributed by atoms with Gasteiger partial charge in [-0.2, -0.15) is 0 Å². The molecule has 2 aliphatic heterocycles. The van der Waals surface area contributed by atoms with Crippen molar-refractivity contribution in [2.75, 3.05) is 64.3 Å². The molecule has 3 rings (SSSR count). The van der Waals surface area contributed by atoms with Crippen molar-refractivity contribution < 1.29 is 14.3 Å². The zero-order valence-electron chi connectivity index (χ0n) is 15.4. The Morgan fingerprint density at radius 2 is 2.12 bits per heavy atom. The topological polar surface area (TPSA) is 71.0 Å². The fourth-order valence-electron chi connectivity index (χ4n) is 3.23. The van der Waals surface area contributed by atoms with Gasteiger partial charge in [-0.3, -0.25) is 4.79 Å². The summed E-state index contributed by atoms with van der Waals surface area (Å²) in [4.78, 5) is 26.0. The van der Waals surface area contributed by atoms with E-state index in [0.29, 0.717) is 6.61 Å². The van der Waals surface area contributed by atoms with Gasteiger partial charge in [-0.15, -0.1) is 0 Å². The van der Waals surface area contributed by atoms with E-state index in [0.717, 1.165) is 37.6 Å². The summed E-state index contributed by atoms with van der Waals surface area (Å²) in [5.74, 6) is 1.80. The molecule has 8 heteroatoms. The maximum absolute atomic E-state index is 11.7. The second-order valence-electron chi connectivity index (χ2n) is 7.23. The van der Waals surface area contributed by atoms with Crippen LogP contribution in [0.1, 0.15) is 12.8 Å². The van der Waals surface area contributed by atoms with Crippen molar-refractivity contribution in [3.05, 3.63) is 12.4 Å². The summed E-state index contributed by atoms with van der Waals surface area (Å²) >= 11 is 0. The van der Waals surface area contributed by atoms with E-state index < -0.39 is 0 Å². The van der Waals surface area contributed by atoms with Crippen molar-refractivity contribution in [1.82, 2.24) is 14.9 Å². The average Bonchev–Trinajstić information content (AvgIpc) is 2.57. The van der Waals surface area contributed by atoms with Gasteiger partial charge in [0.25, 0.3) is 0 Å². The molecule has 1 aromatic rings. The van der Waals surface area contributed by atoms with Gasteiger partial charge in [0, 0.05) is 47.3 Å². The highest BCUT2D eigenvalue weighted by Crippen LogP contribution is 2.37. The number of hydrogen-bond acceptors (Lipinski definition) is 7. The number of anilines is 2. The summed E-state index contributed by atoms with van der Waals surface area (Å²) in [5, 5.41) is 0. The zero-order chi connectivity index (χ0) is 18.0. The van der Waals surface area contributed by atoms with Crippen molar-refractivity contribution in [2.45, 2.75) is 24.5 Å². The predicted octanol–water partition coefficient (Wildman–Crippen LogP) is 0.385. The number of ether oxygens (including phenoxy) is 2. The van der Waals surface area contributed by atoms with Crippen LogP contribution in [-0.4, -0.2) is 87.0 Å². The third kappa shape index (κ3) is 4.01. The van der Waals surface area contributed by atoms with Crippen molar-refractivity contribution in [3.63, 3.8) is 0 Å². The molecule has 2 fully saturated rings. The molecule has 1 aromatic heterocycles. The first-order valence-electron chi connectivity index (χ1n) is 8.59. The van der Waals surface area contributed by atoms with Gasteiger partial charge in [0.1, 0.15) is 30.2 Å². The molecular weight excluding hydrogens is 322 g/mol. The molecule has 1 amide bonds. The van der Waals surface area contributed by atoms with Crippen LogP contribution in [0.5, 0.6) is 0 Å². The number of aromatic nitrogens is 2. The van der Waals surface area contributed by atoms with E-state index in [1.54, 1.807) is 25.3 Å². The maximum Gasteiger partial charge on any atom is 0.248 e. The van der Waals surface area contributed by atoms with Crippen LogP contribution in [-0.2, 0) is 14.3 Å². The van der Waals surface area contributed by atoms with E-state index in [1.807, 2.05) is 25.1 Å². The standard InChI is InChI=1S/C17H27N5O3/c1-20(2)14-7-15(19-12-18-14)22-10-17(11-22)8-13(5-6-25-17)24-9-16(23)21(3)4/h7,12-13H,5-6,8-11H2,1-4H3/t13-/m1/s1. The first-order chi connectivity index (χ1) is 11.9. The number of nitrogens with zero attached hydrogens (tertiary/aromatic N) is 5. The third-order valence-electron chi connectivity index (χ3n) is 4.77. The molecule has 0 aliphatic carbocycles. The molecule has 0 radical (unpaired) electrons. The molecule has 3 heterocycles. The van der Waals surface area contributed by atoms with E-state index in [1.165, 1.54) is 0 Å². The number of carbonyl (C=O) groups is 1. The number of hydrogen-bond donors (Lipinski definition) is 0. The van der Waals surface area contributed by atoms with Gasteiger partial charge in [-0.05, 0) is 6.42 Å². The SMILES string of the molecule is CN(C)C(=O)CO[C@@H]1CCOC2(C1)CN(c1cc(N(C)C)ncn1)C2. The maximum atomic E-state index is 11.7. The molecular formula is C17H27N5O3. The first-order valence-corrected chi connectivity index (χ1v) is 8.59. The Morgan fingerprint density at radius 1 is 1.36 bits per heavy atom. The van der Waals surface area contributed by atoms with Gasteiger partial charge in [-0.25, -0.2) is 9.97 Å². The van der Waals surface area contributed by atoms with Gasteiger partial charge >= 0.3 is 0 Å². The van der Waals surface area contributed by atoms with Gasteiger partial charge in [0.05, 0.1) is 19.2 Å². The van der Waals surface area contributed by atoms with Crippen LogP contribution in [0.25, 0.3) is 0 Å². The monoisotopic (exact) mass is 349 g/mol. The number of carbonyl (C=O) groups excluding carboxylic acids is 1. The fourth-order valence-corrected chi connectivity index (χ4v) is 3.23. The van der Waals surface area contributed by atoms with Crippen LogP contribution in [0.3, 0.4) is 0 Å². The lowest BCUT2D eigenvalue weighted by Crippen LogP contribution is -2.66. The van der Waals surface area contributed by atoms with Crippen molar-refractivity contribution in [2.24, 2.45) is 0 Å². The lowest BCUT2D eigenvalue weighted by atomic mass is 9.84. The lowest BCUT2D eigenvalue weighted by molar-refractivity contribution is -0.156. The minimum atomic E-state index is -0.187. The van der Waals surface area contributed by atoms with Gasteiger partial charge < -0.3 is 24.2 Å². The Morgan fingerprint density at radius 3 is 2.80 bits per heavy atom. The van der Waals surface area contributed by atoms with Crippen LogP contribution in [0.4, 0.5) is 11.6 Å². The molecule has 0 aromatic carbocycles. The third-order valence-corrected chi connectivity index (χ3v) is 4.77. The minimum Gasteiger partial charge on any atom is -0.371 e. The van der Waals surface area contributed by atoms with Crippen LogP contribution in [0.2, 0.25) is 0 Å². The van der Waals surface area contributed by atoms with Crippen LogP contribution >= 0.6 is 0 Å². The van der Waals surface area contributed by atoms with E-state index in [9.17, 15) is 4.79 Å². The molecule has 8 nitrogen and oxygen atoms in total. The zero-order valence-corrected chi connectivity index (χ0v) is 15.4. The molecule has 138 valence electrons. The molecule has 2 saturated heterocycles. The van der Waals surface area contributed by atoms with Crippen LogP contribution < -0.4 is 9.80 Å². The normalized spacial score (nSPS) is 21.8. The summed E-state index contributed by atoms with van der Waals surface area (Å²) < 4.78 is 11.9. The van der Waals surface area contributed by atoms with E-state index in [-0.39, 0.29) is 24.2 Å². The first kappa shape index (κ1) is 17.9. The highest BCUT2D eigenvalue weighted by Gasteiger charge is 2.48. The Hall–Kier alpha value is -1.93. The van der Waals surface area contributed by atoms with Crippen LogP contribution in [0.15, 0.2) is 12.4 Å². The Balaban J connectivity index is 1.55. The molecule has 0 N–H and O–H groups in total. The molecule has 25 heavy (non-hydrogen) atoms. The van der Waals surface area contributed by atoms with Gasteiger partial charge in [-0.1, -0.05) is 0 Å². The van der Waals surface area contributed by atoms with Gasteiger partial charge in [0.2, 0.25) is 5.91 Å². The highest BCUT2D eigenvalue weighted by molar-refractivity contribution is 5.76. The molecule has 1 atom stereocenters. The van der Waals surface area contributed by atoms with E-state index in [2.05, 4.69) is 14.9 Å². The van der Waals surface area contributed by atoms with Gasteiger partial charge in [0.15, 0.2) is 0 Å². The Labute approximate surface area is 148 Å². The minimum absolute atomic E-state index is 0.00650. The summed E-state index contributed by atoms with van der Waals surface area (Å²) in [6.07, 6.45) is 3.31. The largest absolute Gasteiger partial charge is 0.371 e. The Bertz CT molecular complexity index is 616. The summed E-state index contributed by atoms with van der Waals surface area (Å²) in [6, 6.07) is 1.99. The van der Waals surface area contributed by atoms with E-state index >= 15 is 0 Å². The molecule has 0 bridgehead atoms. The smallest absolute Gasteiger partial charge is 0.248 e. The molecule has 2 aliphatic rings. The number of rotatable bonds is 5. The highest BCUT2D eigenvalue weighted by atomic mass is 16.5. The predicted molar refractivity (Wildman–Crippen MR) is 94.9 cm³/mol. The molecule has 0 saturated carbocycles. The van der Waals surface area contributed by atoms with Crippen molar-refractivity contribution in [3.8, 4) is 0 Å². The second kappa shape index (κ2) is 7.13. The summed E-state index contributed by atoms with van der Waals surface area (Å²) in [7, 11) is 7.41. The summed E-state index contributed by atoms with van der Waals surface area (Å²) in [5.41, 5.74) is -0.187. The number of likely N-dealkylation sites (N-methyl/N-ethyl adjacent to an activating group) is 1. The van der Waals surface area contributed by atoms with Crippen LogP contribution in [0, 0.1) is 0 Å².